The van der Waals surface area contributed by atoms with E-state index in [0.717, 1.165) is 43.9 Å². The van der Waals surface area contributed by atoms with Crippen LogP contribution in [0.3, 0.4) is 0 Å². The number of aliphatic imine (C=N–C) groups is 1. The van der Waals surface area contributed by atoms with Crippen molar-refractivity contribution in [2.75, 3.05) is 46.3 Å². The van der Waals surface area contributed by atoms with Crippen molar-refractivity contribution in [3.63, 3.8) is 0 Å². The highest BCUT2D eigenvalue weighted by molar-refractivity contribution is 5.97. The number of rotatable bonds is 5. The summed E-state index contributed by atoms with van der Waals surface area (Å²) in [6.45, 7) is 4.32. The third-order valence-electron chi connectivity index (χ3n) is 5.57. The fraction of sp³-hybridized carbons (Fsp3) is 0.571. The number of benzene rings is 1. The van der Waals surface area contributed by atoms with Crippen LogP contribution in [0.4, 0.5) is 13.2 Å². The molecule has 7 nitrogen and oxygen atoms in total. The molecule has 0 spiro atoms. The predicted molar refractivity (Wildman–Crippen MR) is 110 cm³/mol. The van der Waals surface area contributed by atoms with Crippen LogP contribution in [0.15, 0.2) is 29.3 Å². The number of imide groups is 1. The summed E-state index contributed by atoms with van der Waals surface area (Å²) < 4.78 is 38.1. The van der Waals surface area contributed by atoms with Gasteiger partial charge in [-0.15, -0.1) is 0 Å². The van der Waals surface area contributed by atoms with Gasteiger partial charge >= 0.3 is 6.18 Å². The minimum absolute atomic E-state index is 0.120. The van der Waals surface area contributed by atoms with Gasteiger partial charge in [-0.25, -0.2) is 0 Å². The number of nitrogens with one attached hydrogen (secondary N) is 1. The molecule has 0 radical (unpaired) electrons. The van der Waals surface area contributed by atoms with Crippen LogP contribution in [0.5, 0.6) is 0 Å². The van der Waals surface area contributed by atoms with Crippen LogP contribution >= 0.6 is 0 Å². The Morgan fingerprint density at radius 3 is 2.19 bits per heavy atom. The van der Waals surface area contributed by atoms with E-state index in [1.165, 1.54) is 17.0 Å². The van der Waals surface area contributed by atoms with E-state index in [1.807, 2.05) is 0 Å². The topological polar surface area (TPSA) is 68.2 Å². The Morgan fingerprint density at radius 1 is 1.03 bits per heavy atom. The number of alkyl halides is 3. The smallest absolute Gasteiger partial charge is 0.354 e. The number of hydrogen-bond acceptors (Lipinski definition) is 4. The second-order valence-corrected chi connectivity index (χ2v) is 7.72. The Kier molecular flexibility index (Phi) is 7.53. The van der Waals surface area contributed by atoms with Gasteiger partial charge in [-0.3, -0.25) is 24.4 Å². The van der Waals surface area contributed by atoms with E-state index in [0.29, 0.717) is 44.9 Å². The zero-order valence-corrected chi connectivity index (χ0v) is 17.6. The normalized spacial score (nSPS) is 19.2. The molecule has 2 aliphatic rings. The average Bonchev–Trinajstić information content (AvgIpc) is 2.74. The van der Waals surface area contributed by atoms with E-state index in [4.69, 9.17) is 0 Å². The Balaban J connectivity index is 1.43. The lowest BCUT2D eigenvalue weighted by Gasteiger charge is -2.36. The van der Waals surface area contributed by atoms with Crippen molar-refractivity contribution in [1.29, 1.82) is 0 Å². The van der Waals surface area contributed by atoms with Crippen molar-refractivity contribution in [3.8, 4) is 0 Å². The van der Waals surface area contributed by atoms with Gasteiger partial charge in [-0.05, 0) is 24.1 Å². The first-order chi connectivity index (χ1) is 14.8. The molecule has 0 saturated carbocycles. The molecule has 2 saturated heterocycles. The van der Waals surface area contributed by atoms with E-state index < -0.39 is 11.7 Å². The fourth-order valence-corrected chi connectivity index (χ4v) is 3.84. The summed E-state index contributed by atoms with van der Waals surface area (Å²) in [6, 6.07) is 5.29. The van der Waals surface area contributed by atoms with Gasteiger partial charge in [0.05, 0.1) is 5.56 Å². The van der Waals surface area contributed by atoms with E-state index in [9.17, 15) is 22.8 Å². The van der Waals surface area contributed by atoms with Gasteiger partial charge in [-0.2, -0.15) is 13.2 Å². The van der Waals surface area contributed by atoms with Crippen LogP contribution in [-0.2, 0) is 22.3 Å². The monoisotopic (exact) mass is 439 g/mol. The molecule has 2 heterocycles. The minimum atomic E-state index is -4.32. The Hall–Kier alpha value is -2.62. The molecule has 0 atom stereocenters. The summed E-state index contributed by atoms with van der Waals surface area (Å²) in [6.07, 6.45) is -2.86. The molecule has 10 heteroatoms. The number of guanidine groups is 1. The first-order valence-corrected chi connectivity index (χ1v) is 10.4. The van der Waals surface area contributed by atoms with Crippen LogP contribution in [0.1, 0.15) is 30.4 Å². The number of likely N-dealkylation sites (tertiary alicyclic amines) is 1. The van der Waals surface area contributed by atoms with Crippen molar-refractivity contribution in [2.45, 2.75) is 32.0 Å². The Labute approximate surface area is 179 Å². The van der Waals surface area contributed by atoms with Crippen molar-refractivity contribution in [2.24, 2.45) is 4.99 Å². The molecule has 0 aliphatic carbocycles. The SMILES string of the molecule is CN=C(NCCN1C(=O)CCCC1=O)N1CCN(Cc2ccc(C(F)(F)F)cc2)CC1. The molecule has 1 aromatic rings. The van der Waals surface area contributed by atoms with E-state index in [-0.39, 0.29) is 11.8 Å². The zero-order chi connectivity index (χ0) is 22.4. The maximum Gasteiger partial charge on any atom is 0.416 e. The number of carbonyl (C=O) groups is 2. The molecule has 31 heavy (non-hydrogen) atoms. The van der Waals surface area contributed by atoms with E-state index >= 15 is 0 Å². The molecule has 1 N–H and O–H groups in total. The largest absolute Gasteiger partial charge is 0.416 e. The van der Waals surface area contributed by atoms with Crippen molar-refractivity contribution < 1.29 is 22.8 Å². The number of carbonyl (C=O) groups excluding carboxylic acids is 2. The molecule has 0 bridgehead atoms. The number of piperazine rings is 1. The second kappa shape index (κ2) is 10.1. The lowest BCUT2D eigenvalue weighted by atomic mass is 10.1. The zero-order valence-electron chi connectivity index (χ0n) is 17.6. The van der Waals surface area contributed by atoms with Gasteiger partial charge in [0.25, 0.3) is 0 Å². The predicted octanol–water partition coefficient (Wildman–Crippen LogP) is 1.94. The van der Waals surface area contributed by atoms with Gasteiger partial charge in [0.1, 0.15) is 0 Å². The summed E-state index contributed by atoms with van der Waals surface area (Å²) in [5.74, 6) is 0.473. The fourth-order valence-electron chi connectivity index (χ4n) is 3.84. The van der Waals surface area contributed by atoms with Gasteiger partial charge in [0, 0.05) is 65.7 Å². The number of amides is 2. The van der Waals surface area contributed by atoms with Gasteiger partial charge < -0.3 is 10.2 Å². The summed E-state index contributed by atoms with van der Waals surface area (Å²) in [4.78, 5) is 33.7. The molecule has 2 aliphatic heterocycles. The maximum atomic E-state index is 12.7. The van der Waals surface area contributed by atoms with Crippen LogP contribution in [0.2, 0.25) is 0 Å². The number of piperidine rings is 1. The third kappa shape index (κ3) is 6.19. The third-order valence-corrected chi connectivity index (χ3v) is 5.57. The summed E-state index contributed by atoms with van der Waals surface area (Å²) in [7, 11) is 1.69. The molecule has 170 valence electrons. The minimum Gasteiger partial charge on any atom is -0.354 e. The summed E-state index contributed by atoms with van der Waals surface area (Å²) in [5.41, 5.74) is 0.212. The summed E-state index contributed by atoms with van der Waals surface area (Å²) >= 11 is 0. The van der Waals surface area contributed by atoms with E-state index in [1.54, 1.807) is 7.05 Å². The molecule has 3 rings (SSSR count). The van der Waals surface area contributed by atoms with Crippen LogP contribution in [0.25, 0.3) is 0 Å². The second-order valence-electron chi connectivity index (χ2n) is 7.72. The molecular formula is C21H28F3N5O2. The quantitative estimate of drug-likeness (QED) is 0.432. The van der Waals surface area contributed by atoms with Gasteiger partial charge in [-0.1, -0.05) is 12.1 Å². The molecule has 0 unspecified atom stereocenters. The highest BCUT2D eigenvalue weighted by atomic mass is 19.4. The first-order valence-electron chi connectivity index (χ1n) is 10.4. The summed E-state index contributed by atoms with van der Waals surface area (Å²) in [5, 5.41) is 3.22. The molecule has 1 aromatic carbocycles. The van der Waals surface area contributed by atoms with Crippen LogP contribution in [-0.4, -0.2) is 78.8 Å². The van der Waals surface area contributed by atoms with Crippen LogP contribution < -0.4 is 5.32 Å². The number of nitrogens with zero attached hydrogens (tertiary/aromatic N) is 4. The van der Waals surface area contributed by atoms with Crippen molar-refractivity contribution >= 4 is 17.8 Å². The Morgan fingerprint density at radius 2 is 1.65 bits per heavy atom. The lowest BCUT2D eigenvalue weighted by Crippen LogP contribution is -2.53. The Bertz CT molecular complexity index is 786. The highest BCUT2D eigenvalue weighted by Gasteiger charge is 2.30. The highest BCUT2D eigenvalue weighted by Crippen LogP contribution is 2.29. The molecule has 2 fully saturated rings. The van der Waals surface area contributed by atoms with Gasteiger partial charge in [0.2, 0.25) is 11.8 Å². The molecule has 0 aromatic heterocycles. The average molecular weight is 439 g/mol. The van der Waals surface area contributed by atoms with Crippen molar-refractivity contribution in [1.82, 2.24) is 20.0 Å². The molecular weight excluding hydrogens is 411 g/mol. The van der Waals surface area contributed by atoms with E-state index in [2.05, 4.69) is 20.1 Å². The first kappa shape index (κ1) is 23.1. The van der Waals surface area contributed by atoms with Crippen LogP contribution in [0, 0.1) is 0 Å². The standard InChI is InChI=1S/C21H28F3N5O2/c1-25-20(26-9-10-29-18(30)3-2-4-19(29)31)28-13-11-27(12-14-28)15-16-5-7-17(8-6-16)21(22,23)24/h5-8H,2-4,9-15H2,1H3,(H,25,26). The maximum absolute atomic E-state index is 12.7. The van der Waals surface area contributed by atoms with Gasteiger partial charge in [0.15, 0.2) is 5.96 Å². The number of hydrogen-bond donors (Lipinski definition) is 1. The lowest BCUT2D eigenvalue weighted by molar-refractivity contribution is -0.147. The molecule has 2 amide bonds. The van der Waals surface area contributed by atoms with Crippen molar-refractivity contribution in [3.05, 3.63) is 35.4 Å². The number of halogens is 3.